The molecular formula is C14H16N2O2S. The molecule has 0 aliphatic heterocycles. The predicted molar refractivity (Wildman–Crippen MR) is 75.6 cm³/mol. The number of carbonyl (C=O) groups is 1. The fraction of sp³-hybridized carbons (Fsp3) is 0.429. The summed E-state index contributed by atoms with van der Waals surface area (Å²) in [6.07, 6.45) is 2.54. The van der Waals surface area contributed by atoms with Crippen molar-refractivity contribution in [2.45, 2.75) is 31.5 Å². The first-order valence-electron chi connectivity index (χ1n) is 6.45. The number of carboxylic acids is 1. The molecule has 1 aromatic carbocycles. The van der Waals surface area contributed by atoms with Crippen LogP contribution in [0, 0.1) is 12.8 Å². The topological polar surface area (TPSA) is 55.1 Å². The van der Waals surface area contributed by atoms with E-state index >= 15 is 0 Å². The number of thioether (sulfide) groups is 1. The van der Waals surface area contributed by atoms with Crippen LogP contribution in [0.25, 0.3) is 11.0 Å². The Kier molecular flexibility index (Phi) is 3.22. The van der Waals surface area contributed by atoms with Crippen LogP contribution in [0.15, 0.2) is 23.4 Å². The maximum absolute atomic E-state index is 10.7. The van der Waals surface area contributed by atoms with Crippen LogP contribution < -0.4 is 0 Å². The lowest BCUT2D eigenvalue weighted by atomic mass is 10.2. The van der Waals surface area contributed by atoms with Crippen molar-refractivity contribution in [1.82, 2.24) is 9.55 Å². The van der Waals surface area contributed by atoms with Gasteiger partial charge >= 0.3 is 5.97 Å². The Labute approximate surface area is 115 Å². The van der Waals surface area contributed by atoms with E-state index in [1.165, 1.54) is 30.2 Å². The van der Waals surface area contributed by atoms with Crippen LogP contribution in [0.2, 0.25) is 0 Å². The highest BCUT2D eigenvalue weighted by molar-refractivity contribution is 7.99. The van der Waals surface area contributed by atoms with Gasteiger partial charge in [-0.3, -0.25) is 4.79 Å². The molecule has 1 saturated carbocycles. The van der Waals surface area contributed by atoms with Crippen LogP contribution in [0.1, 0.15) is 18.4 Å². The molecule has 1 aliphatic rings. The lowest BCUT2D eigenvalue weighted by molar-refractivity contribution is -0.133. The van der Waals surface area contributed by atoms with E-state index in [2.05, 4.69) is 22.5 Å². The Bertz CT molecular complexity index is 632. The molecule has 2 aromatic rings. The van der Waals surface area contributed by atoms with E-state index in [-0.39, 0.29) is 5.75 Å². The molecule has 0 amide bonds. The van der Waals surface area contributed by atoms with Gasteiger partial charge in [0, 0.05) is 6.54 Å². The average Bonchev–Trinajstić information content (AvgIpc) is 3.11. The van der Waals surface area contributed by atoms with E-state index in [9.17, 15) is 4.79 Å². The Morgan fingerprint density at radius 3 is 3.00 bits per heavy atom. The highest BCUT2D eigenvalue weighted by Crippen LogP contribution is 2.34. The Morgan fingerprint density at radius 1 is 1.53 bits per heavy atom. The van der Waals surface area contributed by atoms with Gasteiger partial charge < -0.3 is 9.67 Å². The normalized spacial score (nSPS) is 15.0. The van der Waals surface area contributed by atoms with Gasteiger partial charge in [0.2, 0.25) is 0 Å². The van der Waals surface area contributed by atoms with Crippen molar-refractivity contribution in [3.05, 3.63) is 23.8 Å². The molecule has 100 valence electrons. The second kappa shape index (κ2) is 4.89. The third-order valence-electron chi connectivity index (χ3n) is 3.33. The van der Waals surface area contributed by atoms with Gasteiger partial charge in [-0.05, 0) is 43.4 Å². The average molecular weight is 276 g/mol. The molecule has 1 aromatic heterocycles. The van der Waals surface area contributed by atoms with Crippen LogP contribution in [0.3, 0.4) is 0 Å². The van der Waals surface area contributed by atoms with Crippen molar-refractivity contribution < 1.29 is 9.90 Å². The summed E-state index contributed by atoms with van der Waals surface area (Å²) in [5, 5.41) is 9.65. The minimum absolute atomic E-state index is 0.0625. The monoisotopic (exact) mass is 276 g/mol. The predicted octanol–water partition coefficient (Wildman–Crippen LogP) is 2.93. The molecule has 1 N–H and O–H groups in total. The second-order valence-electron chi connectivity index (χ2n) is 5.12. The first-order valence-corrected chi connectivity index (χ1v) is 7.43. The number of carboxylic acid groups (broad SMARTS) is 1. The molecule has 0 bridgehead atoms. The maximum atomic E-state index is 10.7. The molecule has 1 fully saturated rings. The number of nitrogens with zero attached hydrogens (tertiary/aromatic N) is 2. The van der Waals surface area contributed by atoms with Crippen molar-refractivity contribution in [2.75, 3.05) is 5.75 Å². The van der Waals surface area contributed by atoms with Gasteiger partial charge in [-0.25, -0.2) is 4.98 Å². The van der Waals surface area contributed by atoms with Gasteiger partial charge in [0.25, 0.3) is 0 Å². The summed E-state index contributed by atoms with van der Waals surface area (Å²) in [7, 11) is 0. The second-order valence-corrected chi connectivity index (χ2v) is 6.07. The van der Waals surface area contributed by atoms with Crippen LogP contribution in [-0.2, 0) is 11.3 Å². The fourth-order valence-corrected chi connectivity index (χ4v) is 2.93. The number of aryl methyl sites for hydroxylation is 1. The SMILES string of the molecule is Cc1ccc2nc(SCC(=O)O)n(CC3CC3)c2c1. The van der Waals surface area contributed by atoms with Gasteiger partial charge in [-0.2, -0.15) is 0 Å². The van der Waals surface area contributed by atoms with E-state index < -0.39 is 5.97 Å². The number of imidazole rings is 1. The summed E-state index contributed by atoms with van der Waals surface area (Å²) in [4.78, 5) is 15.3. The maximum Gasteiger partial charge on any atom is 0.313 e. The lowest BCUT2D eigenvalue weighted by Crippen LogP contribution is -2.04. The molecule has 1 aliphatic carbocycles. The van der Waals surface area contributed by atoms with E-state index in [1.807, 2.05) is 12.1 Å². The quantitative estimate of drug-likeness (QED) is 0.853. The summed E-state index contributed by atoms with van der Waals surface area (Å²) < 4.78 is 2.19. The molecule has 19 heavy (non-hydrogen) atoms. The molecule has 1 heterocycles. The first-order chi connectivity index (χ1) is 9.13. The molecule has 0 radical (unpaired) electrons. The summed E-state index contributed by atoms with van der Waals surface area (Å²) in [5.74, 6) is 0.000711. The Balaban J connectivity index is 2.00. The minimum atomic E-state index is -0.800. The van der Waals surface area contributed by atoms with E-state index in [0.29, 0.717) is 0 Å². The zero-order chi connectivity index (χ0) is 13.4. The molecule has 0 atom stereocenters. The van der Waals surface area contributed by atoms with Gasteiger partial charge in [0.15, 0.2) is 5.16 Å². The van der Waals surface area contributed by atoms with Gasteiger partial charge in [-0.15, -0.1) is 0 Å². The fourth-order valence-electron chi connectivity index (χ4n) is 2.18. The van der Waals surface area contributed by atoms with E-state index in [0.717, 1.165) is 28.7 Å². The van der Waals surface area contributed by atoms with Gasteiger partial charge in [0.05, 0.1) is 16.8 Å². The van der Waals surface area contributed by atoms with Crippen molar-refractivity contribution in [3.63, 3.8) is 0 Å². The Hall–Kier alpha value is -1.49. The van der Waals surface area contributed by atoms with E-state index in [1.54, 1.807) is 0 Å². The molecule has 5 heteroatoms. The Morgan fingerprint density at radius 2 is 2.32 bits per heavy atom. The zero-order valence-electron chi connectivity index (χ0n) is 10.8. The number of fused-ring (bicyclic) bond motifs is 1. The smallest absolute Gasteiger partial charge is 0.313 e. The summed E-state index contributed by atoms with van der Waals surface area (Å²) >= 11 is 1.31. The van der Waals surface area contributed by atoms with E-state index in [4.69, 9.17) is 5.11 Å². The van der Waals surface area contributed by atoms with Crippen LogP contribution in [-0.4, -0.2) is 26.4 Å². The number of aromatic nitrogens is 2. The standard InChI is InChI=1S/C14H16N2O2S/c1-9-2-5-11-12(6-9)16(7-10-3-4-10)14(15-11)19-8-13(17)18/h2,5-6,10H,3-4,7-8H2,1H3,(H,17,18). The zero-order valence-corrected chi connectivity index (χ0v) is 11.6. The number of hydrogen-bond acceptors (Lipinski definition) is 3. The largest absolute Gasteiger partial charge is 0.481 e. The highest BCUT2D eigenvalue weighted by atomic mass is 32.2. The van der Waals surface area contributed by atoms with Crippen molar-refractivity contribution in [2.24, 2.45) is 5.92 Å². The number of rotatable bonds is 5. The first kappa shape index (κ1) is 12.5. The minimum Gasteiger partial charge on any atom is -0.481 e. The molecule has 3 rings (SSSR count). The van der Waals surface area contributed by atoms with Crippen LogP contribution >= 0.6 is 11.8 Å². The molecule has 0 unspecified atom stereocenters. The van der Waals surface area contributed by atoms with Gasteiger partial charge in [0.1, 0.15) is 0 Å². The molecule has 4 nitrogen and oxygen atoms in total. The van der Waals surface area contributed by atoms with Crippen LogP contribution in [0.4, 0.5) is 0 Å². The number of benzene rings is 1. The number of hydrogen-bond donors (Lipinski definition) is 1. The number of aliphatic carboxylic acids is 1. The molecular weight excluding hydrogens is 260 g/mol. The summed E-state index contributed by atoms with van der Waals surface area (Å²) in [6.45, 7) is 3.03. The summed E-state index contributed by atoms with van der Waals surface area (Å²) in [5.41, 5.74) is 3.29. The van der Waals surface area contributed by atoms with Crippen molar-refractivity contribution >= 4 is 28.8 Å². The van der Waals surface area contributed by atoms with Crippen molar-refractivity contribution in [3.8, 4) is 0 Å². The lowest BCUT2D eigenvalue weighted by Gasteiger charge is -2.07. The van der Waals surface area contributed by atoms with Crippen molar-refractivity contribution in [1.29, 1.82) is 0 Å². The molecule has 0 saturated heterocycles. The molecule has 0 spiro atoms. The summed E-state index contributed by atoms with van der Waals surface area (Å²) in [6, 6.07) is 6.19. The third kappa shape index (κ3) is 2.76. The van der Waals surface area contributed by atoms with Crippen LogP contribution in [0.5, 0.6) is 0 Å². The third-order valence-corrected chi connectivity index (χ3v) is 4.29. The highest BCUT2D eigenvalue weighted by Gasteiger charge is 2.24. The van der Waals surface area contributed by atoms with Gasteiger partial charge in [-0.1, -0.05) is 17.8 Å².